The monoisotopic (exact) mass is 989 g/mol. The minimum Gasteiger partial charge on any atom is -0.505 e. The lowest BCUT2D eigenvalue weighted by molar-refractivity contribution is -0.138. The van der Waals surface area contributed by atoms with Crippen LogP contribution in [0.2, 0.25) is 0 Å². The Balaban J connectivity index is 1.26. The summed E-state index contributed by atoms with van der Waals surface area (Å²) < 4.78 is 135. The Morgan fingerprint density at radius 3 is 1.73 bits per heavy atom. The van der Waals surface area contributed by atoms with Crippen molar-refractivity contribution in [2.45, 2.75) is 19.6 Å². The molecule has 0 saturated carbocycles. The van der Waals surface area contributed by atoms with Gasteiger partial charge in [0.2, 0.25) is 0 Å². The van der Waals surface area contributed by atoms with E-state index in [1.54, 1.807) is 36.4 Å². The SMILES string of the molecule is C=CC(=O)OCCOc1ccc(N=Nc2ccc(N=Nc3ccc(N=Nc4c(S(=O)(=O)O)cc5cc(S(=O)(=O)O)c(N)cc5c4O)c4cc(S(=O)(=O)O)ccc34)c3cc(S(=O)O)ccc23)cc1. The van der Waals surface area contributed by atoms with Crippen molar-refractivity contribution in [3.63, 3.8) is 0 Å². The Kier molecular flexibility index (Phi) is 13.3. The summed E-state index contributed by atoms with van der Waals surface area (Å²) in [5.41, 5.74) is 5.25. The summed E-state index contributed by atoms with van der Waals surface area (Å²) in [5.74, 6) is -1.03. The van der Waals surface area contributed by atoms with Crippen molar-refractivity contribution in [3.05, 3.63) is 116 Å². The van der Waals surface area contributed by atoms with Crippen LogP contribution in [0.3, 0.4) is 0 Å². The van der Waals surface area contributed by atoms with E-state index in [0.717, 1.165) is 36.4 Å². The third-order valence-corrected chi connectivity index (χ3v) is 12.8. The number of carbonyl (C=O) groups excluding carboxylic acids is 1. The highest BCUT2D eigenvalue weighted by molar-refractivity contribution is 7.86. The smallest absolute Gasteiger partial charge is 0.330 e. The van der Waals surface area contributed by atoms with E-state index >= 15 is 0 Å². The Morgan fingerprint density at radius 2 is 1.16 bits per heavy atom. The number of nitrogen functional groups attached to an aromatic ring is 1. The van der Waals surface area contributed by atoms with E-state index in [0.29, 0.717) is 27.9 Å². The van der Waals surface area contributed by atoms with E-state index in [4.69, 9.17) is 15.2 Å². The molecule has 0 spiro atoms. The second-order valence-corrected chi connectivity index (χ2v) is 19.0. The number of azo groups is 3. The summed E-state index contributed by atoms with van der Waals surface area (Å²) in [4.78, 5) is 8.76. The molecular weight excluding hydrogens is 959 g/mol. The molecule has 0 aliphatic rings. The van der Waals surface area contributed by atoms with E-state index in [2.05, 4.69) is 37.3 Å². The highest BCUT2D eigenvalue weighted by Gasteiger charge is 2.25. The molecule has 344 valence electrons. The van der Waals surface area contributed by atoms with Gasteiger partial charge in [-0.25, -0.2) is 9.00 Å². The van der Waals surface area contributed by atoms with Gasteiger partial charge in [0.05, 0.1) is 43.9 Å². The predicted octanol–water partition coefficient (Wildman–Crippen LogP) is 9.11. The second kappa shape index (κ2) is 18.8. The molecule has 1 unspecified atom stereocenters. The van der Waals surface area contributed by atoms with E-state index in [-0.39, 0.29) is 56.7 Å². The lowest BCUT2D eigenvalue weighted by Crippen LogP contribution is -2.09. The van der Waals surface area contributed by atoms with Gasteiger partial charge in [0.1, 0.15) is 34.4 Å². The fraction of sp³-hybridized carbons (Fsp3) is 0.0488. The molecule has 0 saturated heterocycles. The first kappa shape index (κ1) is 47.5. The van der Waals surface area contributed by atoms with Crippen LogP contribution in [0.5, 0.6) is 11.5 Å². The number of rotatable bonds is 15. The van der Waals surface area contributed by atoms with Crippen LogP contribution in [-0.2, 0) is 51.0 Å². The molecule has 0 heterocycles. The molecule has 26 heteroatoms. The van der Waals surface area contributed by atoms with E-state index in [1.807, 2.05) is 0 Å². The molecule has 7 aromatic carbocycles. The number of phenolic OH excluding ortho intramolecular Hbond substituents is 1. The van der Waals surface area contributed by atoms with Crippen LogP contribution in [0.4, 0.5) is 39.8 Å². The van der Waals surface area contributed by atoms with Crippen molar-refractivity contribution >= 4 is 120 Å². The first-order valence-electron chi connectivity index (χ1n) is 18.7. The van der Waals surface area contributed by atoms with Crippen LogP contribution in [0.1, 0.15) is 0 Å². The molecule has 0 radical (unpaired) electrons. The third kappa shape index (κ3) is 10.7. The quantitative estimate of drug-likeness (QED) is 0.0106. The number of esters is 1. The van der Waals surface area contributed by atoms with Crippen molar-refractivity contribution in [1.29, 1.82) is 0 Å². The number of phenols is 1. The summed E-state index contributed by atoms with van der Waals surface area (Å²) in [7, 11) is -15.0. The number of benzene rings is 7. The Morgan fingerprint density at radius 1 is 0.627 bits per heavy atom. The lowest BCUT2D eigenvalue weighted by atomic mass is 10.1. The number of ether oxygens (including phenoxy) is 2. The average molecular weight is 990 g/mol. The van der Waals surface area contributed by atoms with Crippen LogP contribution in [0.15, 0.2) is 166 Å². The van der Waals surface area contributed by atoms with Gasteiger partial charge in [0, 0.05) is 33.0 Å². The van der Waals surface area contributed by atoms with Crippen LogP contribution in [0, 0.1) is 0 Å². The van der Waals surface area contributed by atoms with Crippen LogP contribution in [-0.4, -0.2) is 72.0 Å². The normalized spacial score (nSPS) is 13.0. The summed E-state index contributed by atoms with van der Waals surface area (Å²) >= 11 is -2.41. The number of carbonyl (C=O) groups is 1. The van der Waals surface area contributed by atoms with Gasteiger partial charge in [-0.05, 0) is 96.4 Å². The van der Waals surface area contributed by atoms with Crippen LogP contribution < -0.4 is 10.5 Å². The topological polar surface area (TPSA) is 356 Å². The van der Waals surface area contributed by atoms with E-state index in [9.17, 15) is 57.6 Å². The second-order valence-electron chi connectivity index (χ2n) is 13.8. The van der Waals surface area contributed by atoms with Crippen LogP contribution >= 0.6 is 0 Å². The molecule has 0 fully saturated rings. The fourth-order valence-electron chi connectivity index (χ4n) is 6.41. The van der Waals surface area contributed by atoms with Crippen molar-refractivity contribution in [2.75, 3.05) is 18.9 Å². The molecule has 1 atom stereocenters. The maximum absolute atomic E-state index is 12.5. The molecule has 0 bridgehead atoms. The lowest BCUT2D eigenvalue weighted by Gasteiger charge is -2.11. The Bertz CT molecular complexity index is 3660. The Hall–Kier alpha value is -7.43. The number of anilines is 1. The minimum absolute atomic E-state index is 0.0201. The summed E-state index contributed by atoms with van der Waals surface area (Å²) in [6.07, 6.45) is 1.04. The number of nitrogens with two attached hydrogens (primary N) is 1. The minimum atomic E-state index is -5.22. The highest BCUT2D eigenvalue weighted by Crippen LogP contribution is 2.45. The molecule has 67 heavy (non-hydrogen) atoms. The van der Waals surface area contributed by atoms with Gasteiger partial charge in [-0.15, -0.1) is 25.6 Å². The molecule has 7 N–H and O–H groups in total. The highest BCUT2D eigenvalue weighted by atomic mass is 32.2. The Labute approximate surface area is 381 Å². The first-order valence-corrected chi connectivity index (χ1v) is 24.1. The molecule has 22 nitrogen and oxygen atoms in total. The molecule has 0 aliphatic carbocycles. The van der Waals surface area contributed by atoms with Crippen molar-refractivity contribution in [1.82, 2.24) is 0 Å². The molecule has 0 aromatic heterocycles. The third-order valence-electron chi connectivity index (χ3n) is 9.52. The number of hydrogen-bond donors (Lipinski definition) is 6. The largest absolute Gasteiger partial charge is 0.505 e. The zero-order valence-corrected chi connectivity index (χ0v) is 37.0. The molecule has 0 amide bonds. The summed E-state index contributed by atoms with van der Waals surface area (Å²) in [5, 5.41) is 36.8. The van der Waals surface area contributed by atoms with Gasteiger partial charge in [0.25, 0.3) is 30.4 Å². The van der Waals surface area contributed by atoms with Gasteiger partial charge in [-0.1, -0.05) is 18.7 Å². The standard InChI is InChI=1S/C41H31N7O15S4/c1-2-39(49)63-16-15-62-24-5-3-23(4-6-24)43-44-33-11-13-35(30-19-25(64(51)52)7-9-27(30)33)46-45-34-12-14-36(31-20-26(65(53,54)55)8-10-28(31)34)47-48-40-38(67(59,60)61)18-22-17-37(66(56,57)58)32(42)21-29(22)41(40)50/h2-14,17-21,50H,1,15-16,42H2,(H,51,52)(H,53,54,55)(H,56,57,58)(H,59,60,61). The summed E-state index contributed by atoms with van der Waals surface area (Å²) in [6.45, 7) is 3.45. The molecule has 7 rings (SSSR count). The van der Waals surface area contributed by atoms with Gasteiger partial charge in [-0.3, -0.25) is 13.7 Å². The zero-order chi connectivity index (χ0) is 48.4. The first-order chi connectivity index (χ1) is 31.6. The maximum Gasteiger partial charge on any atom is 0.330 e. The fourth-order valence-corrected chi connectivity index (χ4v) is 8.61. The predicted molar refractivity (Wildman–Crippen MR) is 242 cm³/mol. The van der Waals surface area contributed by atoms with Gasteiger partial charge in [-0.2, -0.15) is 30.4 Å². The van der Waals surface area contributed by atoms with Gasteiger partial charge < -0.3 is 24.9 Å². The van der Waals surface area contributed by atoms with Crippen molar-refractivity contribution in [3.8, 4) is 11.5 Å². The van der Waals surface area contributed by atoms with Crippen molar-refractivity contribution < 1.29 is 67.0 Å². The maximum atomic E-state index is 12.5. The molecule has 7 aromatic rings. The van der Waals surface area contributed by atoms with Crippen molar-refractivity contribution in [2.24, 2.45) is 30.7 Å². The number of aromatic hydroxyl groups is 1. The van der Waals surface area contributed by atoms with Gasteiger partial charge >= 0.3 is 5.97 Å². The van der Waals surface area contributed by atoms with Gasteiger partial charge in [0.15, 0.2) is 16.8 Å². The number of fused-ring (bicyclic) bond motifs is 3. The summed E-state index contributed by atoms with van der Waals surface area (Å²) in [6, 6.07) is 22.3. The van der Waals surface area contributed by atoms with E-state index in [1.165, 1.54) is 36.4 Å². The molecule has 0 aliphatic heterocycles. The van der Waals surface area contributed by atoms with E-state index < -0.39 is 79.2 Å². The molecular formula is C41H31N7O15S4. The van der Waals surface area contributed by atoms with Crippen LogP contribution in [0.25, 0.3) is 32.3 Å². The zero-order valence-electron chi connectivity index (χ0n) is 33.7. The average Bonchev–Trinajstić information content (AvgIpc) is 3.27. The number of nitrogens with zero attached hydrogens (tertiary/aromatic N) is 6. The number of hydrogen-bond acceptors (Lipinski definition) is 18.